The molecule has 2 fully saturated rings. The van der Waals surface area contributed by atoms with Crippen molar-refractivity contribution in [2.24, 2.45) is 5.92 Å². The highest BCUT2D eigenvalue weighted by atomic mass is 35.5. The maximum absolute atomic E-state index is 9.59. The molecule has 0 unspecified atom stereocenters. The molecule has 0 amide bonds. The molecule has 1 aromatic heterocycles. The van der Waals surface area contributed by atoms with Gasteiger partial charge in [-0.1, -0.05) is 18.2 Å². The van der Waals surface area contributed by atoms with E-state index in [-0.39, 0.29) is 12.4 Å². The van der Waals surface area contributed by atoms with Gasteiger partial charge in [0.05, 0.1) is 11.1 Å². The Morgan fingerprint density at radius 1 is 1.32 bits per heavy atom. The minimum absolute atomic E-state index is 0. The van der Waals surface area contributed by atoms with Gasteiger partial charge in [0.2, 0.25) is 0 Å². The second kappa shape index (κ2) is 5.75. The Labute approximate surface area is 136 Å². The SMILES string of the molecule is Cc1c(C#N)c(N2C[C@@H]3CCN[C@@H]3C2)nc2ccccc12.Cl. The molecule has 0 spiro atoms. The second-order valence-corrected chi connectivity index (χ2v) is 6.08. The van der Waals surface area contributed by atoms with Crippen molar-refractivity contribution in [3.05, 3.63) is 35.4 Å². The van der Waals surface area contributed by atoms with Crippen LogP contribution in [0.25, 0.3) is 10.9 Å². The average Bonchev–Trinajstić information content (AvgIpc) is 3.08. The molecule has 0 radical (unpaired) electrons. The molecule has 2 saturated heterocycles. The van der Waals surface area contributed by atoms with Crippen LogP contribution in [-0.4, -0.2) is 30.7 Å². The number of pyridine rings is 1. The lowest BCUT2D eigenvalue weighted by atomic mass is 10.0. The van der Waals surface area contributed by atoms with E-state index < -0.39 is 0 Å². The van der Waals surface area contributed by atoms with E-state index in [2.05, 4.69) is 16.3 Å². The van der Waals surface area contributed by atoms with Crippen molar-refractivity contribution in [3.63, 3.8) is 0 Å². The number of anilines is 1. The Morgan fingerprint density at radius 2 is 2.14 bits per heavy atom. The van der Waals surface area contributed by atoms with E-state index in [0.717, 1.165) is 47.5 Å². The van der Waals surface area contributed by atoms with E-state index >= 15 is 0 Å². The number of benzene rings is 1. The summed E-state index contributed by atoms with van der Waals surface area (Å²) < 4.78 is 0. The van der Waals surface area contributed by atoms with Crippen LogP contribution in [0.3, 0.4) is 0 Å². The van der Waals surface area contributed by atoms with E-state index in [9.17, 15) is 5.26 Å². The van der Waals surface area contributed by atoms with Crippen LogP contribution in [0.4, 0.5) is 5.82 Å². The number of hydrogen-bond acceptors (Lipinski definition) is 4. The van der Waals surface area contributed by atoms with Crippen LogP contribution in [0.5, 0.6) is 0 Å². The molecule has 0 bridgehead atoms. The fraction of sp³-hybridized carbons (Fsp3) is 0.412. The van der Waals surface area contributed by atoms with E-state index in [1.165, 1.54) is 6.42 Å². The molecular weight excluding hydrogens is 296 g/mol. The van der Waals surface area contributed by atoms with E-state index in [4.69, 9.17) is 4.98 Å². The van der Waals surface area contributed by atoms with Crippen molar-refractivity contribution in [1.29, 1.82) is 5.26 Å². The first-order valence-electron chi connectivity index (χ1n) is 7.55. The molecule has 2 aromatic rings. The van der Waals surface area contributed by atoms with Gasteiger partial charge in [0.15, 0.2) is 0 Å². The number of nitrogens with zero attached hydrogens (tertiary/aromatic N) is 3. The van der Waals surface area contributed by atoms with Gasteiger partial charge >= 0.3 is 0 Å². The predicted octanol–water partition coefficient (Wildman–Crippen LogP) is 2.63. The van der Waals surface area contributed by atoms with Gasteiger partial charge in [-0.25, -0.2) is 4.98 Å². The van der Waals surface area contributed by atoms with Crippen LogP contribution < -0.4 is 10.2 Å². The fourth-order valence-electron chi connectivity index (χ4n) is 3.75. The average molecular weight is 315 g/mol. The predicted molar refractivity (Wildman–Crippen MR) is 90.6 cm³/mol. The van der Waals surface area contributed by atoms with Crippen LogP contribution in [0.2, 0.25) is 0 Å². The lowest BCUT2D eigenvalue weighted by molar-refractivity contribution is 0.556. The van der Waals surface area contributed by atoms with Crippen molar-refractivity contribution in [2.75, 3.05) is 24.5 Å². The monoisotopic (exact) mass is 314 g/mol. The standard InChI is InChI=1S/C17H18N4.ClH/c1-11-13-4-2-3-5-15(13)20-17(14(11)8-18)21-9-12-6-7-19-16(12)10-21;/h2-5,12,16,19H,6-7,9-10H2,1H3;1H/t12-,16+;/m0./s1. The fourth-order valence-corrected chi connectivity index (χ4v) is 3.75. The molecular formula is C17H19ClN4. The maximum Gasteiger partial charge on any atom is 0.147 e. The molecule has 4 rings (SSSR count). The number of aromatic nitrogens is 1. The van der Waals surface area contributed by atoms with Crippen LogP contribution in [0.15, 0.2) is 24.3 Å². The molecule has 2 atom stereocenters. The molecule has 22 heavy (non-hydrogen) atoms. The highest BCUT2D eigenvalue weighted by molar-refractivity contribution is 5.87. The quantitative estimate of drug-likeness (QED) is 0.879. The third kappa shape index (κ3) is 2.22. The maximum atomic E-state index is 9.59. The minimum atomic E-state index is 0. The topological polar surface area (TPSA) is 52.0 Å². The van der Waals surface area contributed by atoms with E-state index in [0.29, 0.717) is 12.0 Å². The molecule has 4 nitrogen and oxygen atoms in total. The van der Waals surface area contributed by atoms with Crippen molar-refractivity contribution < 1.29 is 0 Å². The number of hydrogen-bond donors (Lipinski definition) is 1. The van der Waals surface area contributed by atoms with Gasteiger partial charge in [-0.05, 0) is 37.4 Å². The summed E-state index contributed by atoms with van der Waals surface area (Å²) in [5, 5.41) is 14.2. The normalized spacial score (nSPS) is 23.2. The summed E-state index contributed by atoms with van der Waals surface area (Å²) in [4.78, 5) is 7.08. The van der Waals surface area contributed by atoms with Crippen molar-refractivity contribution in [2.45, 2.75) is 19.4 Å². The smallest absolute Gasteiger partial charge is 0.147 e. The second-order valence-electron chi connectivity index (χ2n) is 6.08. The lowest BCUT2D eigenvalue weighted by Gasteiger charge is -2.21. The molecule has 2 aliphatic heterocycles. The molecule has 5 heteroatoms. The number of fused-ring (bicyclic) bond motifs is 2. The summed E-state index contributed by atoms with van der Waals surface area (Å²) in [7, 11) is 0. The third-order valence-electron chi connectivity index (χ3n) is 4.91. The summed E-state index contributed by atoms with van der Waals surface area (Å²) in [5.74, 6) is 1.56. The first-order valence-corrected chi connectivity index (χ1v) is 7.55. The Kier molecular flexibility index (Phi) is 3.94. The van der Waals surface area contributed by atoms with Gasteiger partial charge in [-0.15, -0.1) is 12.4 Å². The van der Waals surface area contributed by atoms with Gasteiger partial charge in [-0.2, -0.15) is 5.26 Å². The molecule has 1 aromatic carbocycles. The Bertz CT molecular complexity index is 740. The number of aryl methyl sites for hydroxylation is 1. The van der Waals surface area contributed by atoms with E-state index in [1.807, 2.05) is 31.2 Å². The third-order valence-corrected chi connectivity index (χ3v) is 4.91. The molecule has 1 N–H and O–H groups in total. The molecule has 2 aliphatic rings. The summed E-state index contributed by atoms with van der Waals surface area (Å²) in [6.07, 6.45) is 1.23. The zero-order valence-corrected chi connectivity index (χ0v) is 13.4. The van der Waals surface area contributed by atoms with Crippen molar-refractivity contribution in [3.8, 4) is 6.07 Å². The Hall–Kier alpha value is -1.83. The van der Waals surface area contributed by atoms with Crippen LogP contribution >= 0.6 is 12.4 Å². The molecule has 0 aliphatic carbocycles. The summed E-state index contributed by atoms with van der Waals surface area (Å²) in [6, 6.07) is 11.0. The van der Waals surface area contributed by atoms with Crippen LogP contribution in [0, 0.1) is 24.2 Å². The lowest BCUT2D eigenvalue weighted by Crippen LogP contribution is -2.30. The zero-order valence-electron chi connectivity index (χ0n) is 12.5. The van der Waals surface area contributed by atoms with Crippen LogP contribution in [0.1, 0.15) is 17.5 Å². The largest absolute Gasteiger partial charge is 0.354 e. The summed E-state index contributed by atoms with van der Waals surface area (Å²) in [6.45, 7) is 5.13. The Morgan fingerprint density at radius 3 is 2.91 bits per heavy atom. The van der Waals surface area contributed by atoms with Gasteiger partial charge in [0.1, 0.15) is 11.9 Å². The summed E-state index contributed by atoms with van der Waals surface area (Å²) in [5.41, 5.74) is 2.76. The zero-order chi connectivity index (χ0) is 14.4. The first kappa shape index (κ1) is 15.1. The van der Waals surface area contributed by atoms with Crippen molar-refractivity contribution >= 4 is 29.1 Å². The minimum Gasteiger partial charge on any atom is -0.354 e. The summed E-state index contributed by atoms with van der Waals surface area (Å²) >= 11 is 0. The highest BCUT2D eigenvalue weighted by Gasteiger charge is 2.37. The van der Waals surface area contributed by atoms with Gasteiger partial charge in [-0.3, -0.25) is 0 Å². The van der Waals surface area contributed by atoms with Crippen LogP contribution in [-0.2, 0) is 0 Å². The van der Waals surface area contributed by atoms with Gasteiger partial charge < -0.3 is 10.2 Å². The number of rotatable bonds is 1. The molecule has 0 saturated carbocycles. The Balaban J connectivity index is 0.00000144. The van der Waals surface area contributed by atoms with E-state index in [1.54, 1.807) is 0 Å². The molecule has 3 heterocycles. The van der Waals surface area contributed by atoms with Crippen molar-refractivity contribution in [1.82, 2.24) is 10.3 Å². The number of para-hydroxylation sites is 1. The number of nitrogens with one attached hydrogen (secondary N) is 1. The highest BCUT2D eigenvalue weighted by Crippen LogP contribution is 2.33. The number of halogens is 1. The van der Waals surface area contributed by atoms with Gasteiger partial charge in [0.25, 0.3) is 0 Å². The van der Waals surface area contributed by atoms with Gasteiger partial charge in [0, 0.05) is 24.5 Å². The molecule has 114 valence electrons. The first-order chi connectivity index (χ1) is 10.3. The number of nitriles is 1.